The van der Waals surface area contributed by atoms with Crippen LogP contribution in [-0.2, 0) is 16.5 Å². The number of nitrogens with zero attached hydrogens (tertiary/aromatic N) is 12. The summed E-state index contributed by atoms with van der Waals surface area (Å²) in [6.45, 7) is 0. The summed E-state index contributed by atoms with van der Waals surface area (Å²) in [5.74, 6) is 1.61. The minimum Gasteiger partial charge on any atom is -0.356 e. The second kappa shape index (κ2) is 8.73. The molecule has 12 nitrogen and oxygen atoms in total. The van der Waals surface area contributed by atoms with Gasteiger partial charge in [0, 0.05) is 69.3 Å². The van der Waals surface area contributed by atoms with Crippen molar-refractivity contribution < 1.29 is 16.5 Å². The zero-order valence-electron chi connectivity index (χ0n) is 20.6. The third-order valence-corrected chi connectivity index (χ3v) is 6.74. The average Bonchev–Trinajstić information content (AvgIpc) is 3.73. The molecule has 0 saturated carbocycles. The van der Waals surface area contributed by atoms with Crippen LogP contribution < -0.4 is 9.97 Å². The van der Waals surface area contributed by atoms with Gasteiger partial charge >= 0.3 is 16.5 Å². The molecule has 2 aliphatic heterocycles. The monoisotopic (exact) mass is 574 g/mol. The fourth-order valence-corrected chi connectivity index (χ4v) is 4.96. The van der Waals surface area contributed by atoms with Crippen molar-refractivity contribution in [2.45, 2.75) is 0 Å². The molecule has 0 fully saturated rings. The molecule has 0 N–H and O–H groups in total. The van der Waals surface area contributed by atoms with E-state index >= 15 is 0 Å². The molecule has 9 rings (SSSR count). The van der Waals surface area contributed by atoms with Gasteiger partial charge in [0.25, 0.3) is 0 Å². The van der Waals surface area contributed by atoms with E-state index in [1.165, 1.54) is 0 Å². The largest absolute Gasteiger partial charge is 2.00 e. The van der Waals surface area contributed by atoms with E-state index in [0.29, 0.717) is 68.3 Å². The van der Waals surface area contributed by atoms with Crippen LogP contribution in [0.4, 0.5) is 0 Å². The third-order valence-electron chi connectivity index (χ3n) is 6.74. The molecule has 8 bridgehead atoms. The minimum atomic E-state index is 0. The molecule has 2 aliphatic rings. The van der Waals surface area contributed by atoms with E-state index in [1.807, 2.05) is 48.5 Å². The first-order chi connectivity index (χ1) is 19.8. The fraction of sp³-hybridized carbons (Fsp3) is 0. The summed E-state index contributed by atoms with van der Waals surface area (Å²) >= 11 is 0. The Morgan fingerprint density at radius 3 is 1.32 bits per heavy atom. The smallest absolute Gasteiger partial charge is 0.356 e. The van der Waals surface area contributed by atoms with Gasteiger partial charge in [-0.25, -0.2) is 9.97 Å². The van der Waals surface area contributed by atoms with Crippen LogP contribution in [-0.4, -0.2) is 49.8 Å². The summed E-state index contributed by atoms with van der Waals surface area (Å²) in [4.78, 5) is 56.5. The van der Waals surface area contributed by atoms with Crippen molar-refractivity contribution in [2.24, 2.45) is 0 Å². The Kier molecular flexibility index (Phi) is 4.97. The van der Waals surface area contributed by atoms with E-state index in [-0.39, 0.29) is 16.5 Å². The molecule has 0 spiro atoms. The third kappa shape index (κ3) is 3.46. The first kappa shape index (κ1) is 23.4. The molecule has 7 aromatic rings. The molecule has 7 aromatic heterocycles. The maximum Gasteiger partial charge on any atom is 2.00 e. The van der Waals surface area contributed by atoms with E-state index < -0.39 is 0 Å². The van der Waals surface area contributed by atoms with Crippen molar-refractivity contribution in [3.05, 3.63) is 73.3 Å². The van der Waals surface area contributed by atoms with Crippen LogP contribution in [0.5, 0.6) is 0 Å². The molecule has 0 radical (unpaired) electrons. The molecule has 13 heteroatoms. The molecule has 0 atom stereocenters. The summed E-state index contributed by atoms with van der Waals surface area (Å²) < 4.78 is 0. The van der Waals surface area contributed by atoms with Gasteiger partial charge in [0.1, 0.15) is 23.0 Å². The summed E-state index contributed by atoms with van der Waals surface area (Å²) in [7, 11) is 0. The Morgan fingerprint density at radius 2 is 0.829 bits per heavy atom. The molecular formula is C28H12N12Ni. The van der Waals surface area contributed by atoms with Gasteiger partial charge in [0.2, 0.25) is 0 Å². The van der Waals surface area contributed by atoms with Crippen LogP contribution in [0.15, 0.2) is 73.3 Å². The number of hydrogen-bond acceptors (Lipinski definition) is 10. The number of pyridine rings is 4. The Bertz CT molecular complexity index is 2040. The van der Waals surface area contributed by atoms with Gasteiger partial charge in [-0.1, -0.05) is 12.1 Å². The van der Waals surface area contributed by atoms with Gasteiger partial charge in [0.05, 0.1) is 22.7 Å². The van der Waals surface area contributed by atoms with Crippen LogP contribution in [0.2, 0.25) is 0 Å². The van der Waals surface area contributed by atoms with E-state index in [0.717, 1.165) is 21.9 Å². The summed E-state index contributed by atoms with van der Waals surface area (Å²) in [6, 6.07) is 14.9. The van der Waals surface area contributed by atoms with Crippen molar-refractivity contribution in [3.63, 3.8) is 0 Å². The molecule has 0 amide bonds. The first-order valence-electron chi connectivity index (χ1n) is 12.3. The quantitative estimate of drug-likeness (QED) is 0.242. The van der Waals surface area contributed by atoms with Gasteiger partial charge in [-0.05, 0) is 36.4 Å². The van der Waals surface area contributed by atoms with E-state index in [1.54, 1.807) is 24.8 Å². The van der Waals surface area contributed by atoms with Crippen molar-refractivity contribution in [3.8, 4) is 45.8 Å². The van der Waals surface area contributed by atoms with Gasteiger partial charge < -0.3 is 29.9 Å². The first-order valence-corrected chi connectivity index (χ1v) is 12.3. The summed E-state index contributed by atoms with van der Waals surface area (Å²) in [5, 5.41) is 1.46. The van der Waals surface area contributed by atoms with Crippen molar-refractivity contribution >= 4 is 44.4 Å². The predicted molar refractivity (Wildman–Crippen MR) is 145 cm³/mol. The summed E-state index contributed by atoms with van der Waals surface area (Å²) in [6.07, 6.45) is 6.78. The van der Waals surface area contributed by atoms with Crippen LogP contribution in [0.25, 0.3) is 90.2 Å². The van der Waals surface area contributed by atoms with Crippen LogP contribution in [0.3, 0.4) is 0 Å². The van der Waals surface area contributed by atoms with Gasteiger partial charge in [0.15, 0.2) is 0 Å². The molecule has 9 heterocycles. The molecule has 41 heavy (non-hydrogen) atoms. The maximum absolute atomic E-state index is 4.82. The number of fused-ring (bicyclic) bond motifs is 20. The number of hydrogen-bond donors (Lipinski definition) is 0. The second-order valence-corrected chi connectivity index (χ2v) is 9.08. The standard InChI is InChI=1S/C28H12N12.Ni/c1-5-13-17(29-9-1)25-33-21(13)37-26-18-14(6-2-10-30-18)23(34-26)39-28-20-16(8-4-12-32-20)24(36-28)40-27-19-15(7-3-11-31-19)22(35-27)38-25;/h1-12H;/q-2;+2. The fourth-order valence-electron chi connectivity index (χ4n) is 4.96. The molecule has 0 saturated heterocycles. The van der Waals surface area contributed by atoms with Crippen LogP contribution >= 0.6 is 0 Å². The molecular weight excluding hydrogens is 563 g/mol. The van der Waals surface area contributed by atoms with Crippen LogP contribution in [0, 0.1) is 0 Å². The van der Waals surface area contributed by atoms with E-state index in [2.05, 4.69) is 19.9 Å². The molecule has 0 aromatic carbocycles. The van der Waals surface area contributed by atoms with Crippen LogP contribution in [0.1, 0.15) is 0 Å². The Labute approximate surface area is 239 Å². The Morgan fingerprint density at radius 1 is 0.415 bits per heavy atom. The topological polar surface area (TPSA) is 157 Å². The van der Waals surface area contributed by atoms with Gasteiger partial charge in [-0.3, -0.25) is 19.9 Å². The van der Waals surface area contributed by atoms with E-state index in [4.69, 9.17) is 39.9 Å². The second-order valence-electron chi connectivity index (χ2n) is 9.08. The van der Waals surface area contributed by atoms with Gasteiger partial charge in [-0.15, -0.1) is 0 Å². The van der Waals surface area contributed by atoms with Crippen molar-refractivity contribution in [1.82, 2.24) is 59.8 Å². The van der Waals surface area contributed by atoms with Crippen molar-refractivity contribution in [1.29, 1.82) is 0 Å². The zero-order chi connectivity index (χ0) is 26.2. The normalized spacial score (nSPS) is 11.7. The van der Waals surface area contributed by atoms with E-state index in [9.17, 15) is 0 Å². The number of aromatic nitrogens is 12. The Balaban J connectivity index is 0.00000256. The molecule has 0 unspecified atom stereocenters. The summed E-state index contributed by atoms with van der Waals surface area (Å²) in [5.41, 5.74) is 5.44. The number of rotatable bonds is 0. The molecule has 0 aliphatic carbocycles. The molecule has 194 valence electrons. The minimum absolute atomic E-state index is 0. The Hall–Kier alpha value is -5.55. The zero-order valence-corrected chi connectivity index (χ0v) is 21.6. The SMILES string of the molecule is [Ni+2].c1cnc2c(c1)-c1nc-2nc2[n-]c(nc3nc(nc4[n-]c(n1)c1ncccc41)-c1ncccc1-3)c1ncccc21. The van der Waals surface area contributed by atoms with Gasteiger partial charge in [-0.2, -0.15) is 0 Å². The predicted octanol–water partition coefficient (Wildman–Crippen LogP) is 3.70. The maximum atomic E-state index is 4.82. The van der Waals surface area contributed by atoms with Crippen molar-refractivity contribution in [2.75, 3.05) is 0 Å². The average molecular weight is 575 g/mol.